The van der Waals surface area contributed by atoms with Crippen molar-refractivity contribution in [3.8, 4) is 0 Å². The van der Waals surface area contributed by atoms with Crippen LogP contribution in [0.15, 0.2) is 60.4 Å². The van der Waals surface area contributed by atoms with Gasteiger partial charge in [-0.25, -0.2) is 0 Å². The van der Waals surface area contributed by atoms with Crippen LogP contribution >= 0.6 is 0 Å². The number of nitrogens with zero attached hydrogens (tertiary/aromatic N) is 1. The summed E-state index contributed by atoms with van der Waals surface area (Å²) in [7, 11) is 0. The highest BCUT2D eigenvalue weighted by Gasteiger charge is 2.42. The summed E-state index contributed by atoms with van der Waals surface area (Å²) in [5.74, 6) is -0.276. The molecule has 0 spiro atoms. The second-order valence-corrected chi connectivity index (χ2v) is 7.66. The van der Waals surface area contributed by atoms with Gasteiger partial charge in [-0.1, -0.05) is 48.5 Å². The smallest absolute Gasteiger partial charge is 0.416 e. The average Bonchev–Trinajstić information content (AvgIpc) is 2.68. The van der Waals surface area contributed by atoms with Gasteiger partial charge in [0.2, 0.25) is 0 Å². The monoisotopic (exact) mass is 417 g/mol. The van der Waals surface area contributed by atoms with E-state index in [1.54, 1.807) is 45.0 Å². The Kier molecular flexibility index (Phi) is 5.74. The molecular formula is C23H22F3NO3. The minimum absolute atomic E-state index is 0.109. The quantitative estimate of drug-likeness (QED) is 0.699. The van der Waals surface area contributed by atoms with Crippen LogP contribution < -0.4 is 0 Å². The second-order valence-electron chi connectivity index (χ2n) is 7.66. The van der Waals surface area contributed by atoms with Crippen molar-refractivity contribution in [2.24, 2.45) is 0 Å². The Morgan fingerprint density at radius 3 is 2.37 bits per heavy atom. The number of alkyl halides is 3. The number of ether oxygens (including phenoxy) is 1. The van der Waals surface area contributed by atoms with Crippen LogP contribution in [0.4, 0.5) is 13.2 Å². The molecule has 1 amide bonds. The molecule has 158 valence electrons. The van der Waals surface area contributed by atoms with Gasteiger partial charge in [0.15, 0.2) is 12.5 Å². The van der Waals surface area contributed by atoms with E-state index in [0.717, 1.165) is 12.1 Å². The van der Waals surface area contributed by atoms with Crippen LogP contribution in [0.5, 0.6) is 0 Å². The Bertz CT molecular complexity index is 994. The van der Waals surface area contributed by atoms with E-state index < -0.39 is 17.3 Å². The number of hydrogen-bond donors (Lipinski definition) is 0. The summed E-state index contributed by atoms with van der Waals surface area (Å²) >= 11 is 0. The van der Waals surface area contributed by atoms with Gasteiger partial charge >= 0.3 is 6.18 Å². The molecule has 0 aliphatic carbocycles. The number of hydrogen-bond acceptors (Lipinski definition) is 3. The molecule has 0 fully saturated rings. The topological polar surface area (TPSA) is 46.6 Å². The Balaban J connectivity index is 1.85. The van der Waals surface area contributed by atoms with Gasteiger partial charge in [0, 0.05) is 6.42 Å². The van der Waals surface area contributed by atoms with Crippen molar-refractivity contribution in [3.63, 3.8) is 0 Å². The lowest BCUT2D eigenvalue weighted by atomic mass is 9.90. The zero-order chi connectivity index (χ0) is 22.1. The summed E-state index contributed by atoms with van der Waals surface area (Å²) in [6, 6.07) is 13.6. The maximum Gasteiger partial charge on any atom is 0.416 e. The van der Waals surface area contributed by atoms with Crippen LogP contribution in [0.3, 0.4) is 0 Å². The summed E-state index contributed by atoms with van der Waals surface area (Å²) in [6.45, 7) is 4.73. The van der Waals surface area contributed by atoms with Crippen molar-refractivity contribution >= 4 is 17.3 Å². The van der Waals surface area contributed by atoms with Crippen LogP contribution in [0.25, 0.3) is 5.57 Å². The minimum atomic E-state index is -4.49. The van der Waals surface area contributed by atoms with E-state index in [4.69, 9.17) is 4.74 Å². The van der Waals surface area contributed by atoms with E-state index in [9.17, 15) is 22.8 Å². The van der Waals surface area contributed by atoms with E-state index >= 15 is 0 Å². The van der Waals surface area contributed by atoms with Crippen LogP contribution in [-0.2, 0) is 26.9 Å². The number of rotatable bonds is 5. The molecule has 0 saturated heterocycles. The number of allylic oxidation sites excluding steroid dienone is 1. The van der Waals surface area contributed by atoms with Crippen molar-refractivity contribution in [2.45, 2.75) is 38.9 Å². The standard InChI is InChI=1S/C23H22F3NO3/c1-15-20(17-9-5-4-6-10-17)21(29)27(14-30-15)22(2,3)19(28)13-16-8-7-11-18(12-16)23(24,25)26/h4-12H,13-14H2,1-3H3. The summed E-state index contributed by atoms with van der Waals surface area (Å²) in [5, 5.41) is 0. The maximum absolute atomic E-state index is 13.2. The van der Waals surface area contributed by atoms with Crippen LogP contribution in [-0.4, -0.2) is 28.9 Å². The van der Waals surface area contributed by atoms with Gasteiger partial charge in [-0.2, -0.15) is 13.2 Å². The van der Waals surface area contributed by atoms with Crippen molar-refractivity contribution in [1.29, 1.82) is 0 Å². The SMILES string of the molecule is CC1=C(c2ccccc2)C(=O)N(C(C)(C)C(=O)Cc2cccc(C(F)(F)F)c2)CO1. The van der Waals surface area contributed by atoms with Gasteiger partial charge in [-0.3, -0.25) is 14.5 Å². The fourth-order valence-electron chi connectivity index (χ4n) is 3.33. The molecule has 1 aliphatic heterocycles. The molecule has 3 rings (SSSR count). The zero-order valence-electron chi connectivity index (χ0n) is 16.9. The summed E-state index contributed by atoms with van der Waals surface area (Å²) in [5.41, 5.74) is -0.810. The van der Waals surface area contributed by atoms with Crippen molar-refractivity contribution in [2.75, 3.05) is 6.73 Å². The van der Waals surface area contributed by atoms with E-state index in [-0.39, 0.29) is 30.4 Å². The predicted molar refractivity (Wildman–Crippen MR) is 106 cm³/mol. The van der Waals surface area contributed by atoms with Crippen molar-refractivity contribution in [1.82, 2.24) is 4.90 Å². The highest BCUT2D eigenvalue weighted by Crippen LogP contribution is 2.32. The molecule has 1 aliphatic rings. The van der Waals surface area contributed by atoms with Gasteiger partial charge in [0.25, 0.3) is 5.91 Å². The first-order chi connectivity index (χ1) is 14.0. The molecule has 2 aromatic carbocycles. The van der Waals surface area contributed by atoms with Crippen LogP contribution in [0, 0.1) is 0 Å². The van der Waals surface area contributed by atoms with E-state index in [1.807, 2.05) is 6.07 Å². The lowest BCUT2D eigenvalue weighted by Gasteiger charge is -2.40. The Labute approximate surface area is 173 Å². The number of carbonyl (C=O) groups is 2. The second kappa shape index (κ2) is 7.97. The number of benzene rings is 2. The molecule has 7 heteroatoms. The summed E-state index contributed by atoms with van der Waals surface area (Å²) in [6.07, 6.45) is -4.72. The Morgan fingerprint density at radius 1 is 1.07 bits per heavy atom. The highest BCUT2D eigenvalue weighted by atomic mass is 19.4. The molecule has 30 heavy (non-hydrogen) atoms. The first kappa shape index (κ1) is 21.6. The van der Waals surface area contributed by atoms with Gasteiger partial charge in [-0.15, -0.1) is 0 Å². The van der Waals surface area contributed by atoms with Crippen molar-refractivity contribution in [3.05, 3.63) is 77.0 Å². The summed E-state index contributed by atoms with van der Waals surface area (Å²) < 4.78 is 44.6. The number of carbonyl (C=O) groups excluding carboxylic acids is 2. The first-order valence-corrected chi connectivity index (χ1v) is 9.42. The maximum atomic E-state index is 13.2. The molecule has 0 atom stereocenters. The van der Waals surface area contributed by atoms with E-state index in [0.29, 0.717) is 16.9 Å². The van der Waals surface area contributed by atoms with Gasteiger partial charge in [0.05, 0.1) is 16.7 Å². The van der Waals surface area contributed by atoms with Gasteiger partial charge in [-0.05, 0) is 38.0 Å². The van der Waals surface area contributed by atoms with Gasteiger partial charge in [0.1, 0.15) is 5.76 Å². The molecule has 0 N–H and O–H groups in total. The number of Topliss-reactive ketones (excluding diaryl/α,β-unsaturated/α-hetero) is 1. The number of halogens is 3. The molecule has 1 heterocycles. The Hall–Kier alpha value is -3.09. The fraction of sp³-hybridized carbons (Fsp3) is 0.304. The molecule has 0 bridgehead atoms. The minimum Gasteiger partial charge on any atom is -0.477 e. The lowest BCUT2D eigenvalue weighted by Crippen LogP contribution is -2.56. The molecule has 0 radical (unpaired) electrons. The van der Waals surface area contributed by atoms with E-state index in [1.165, 1.54) is 17.0 Å². The molecular weight excluding hydrogens is 395 g/mol. The average molecular weight is 417 g/mol. The molecule has 0 saturated carbocycles. The fourth-order valence-corrected chi connectivity index (χ4v) is 3.33. The number of amides is 1. The first-order valence-electron chi connectivity index (χ1n) is 9.42. The third kappa shape index (κ3) is 4.25. The third-order valence-corrected chi connectivity index (χ3v) is 5.26. The van der Waals surface area contributed by atoms with Crippen molar-refractivity contribution < 1.29 is 27.5 Å². The zero-order valence-corrected chi connectivity index (χ0v) is 16.9. The van der Waals surface area contributed by atoms with Crippen LogP contribution in [0.2, 0.25) is 0 Å². The predicted octanol–water partition coefficient (Wildman–Crippen LogP) is 4.84. The van der Waals surface area contributed by atoms with Gasteiger partial charge < -0.3 is 4.74 Å². The highest BCUT2D eigenvalue weighted by molar-refractivity contribution is 6.21. The molecule has 2 aromatic rings. The van der Waals surface area contributed by atoms with E-state index in [2.05, 4.69) is 0 Å². The summed E-state index contributed by atoms with van der Waals surface area (Å²) in [4.78, 5) is 27.5. The molecule has 4 nitrogen and oxygen atoms in total. The lowest BCUT2D eigenvalue weighted by molar-refractivity contribution is -0.148. The van der Waals surface area contributed by atoms with Crippen LogP contribution in [0.1, 0.15) is 37.5 Å². The third-order valence-electron chi connectivity index (χ3n) is 5.26. The number of ketones is 1. The Morgan fingerprint density at radius 2 is 1.73 bits per heavy atom. The molecule has 0 aromatic heterocycles. The largest absolute Gasteiger partial charge is 0.477 e. The normalized spacial score (nSPS) is 15.3. The molecule has 0 unspecified atom stereocenters.